The van der Waals surface area contributed by atoms with Crippen LogP contribution in [-0.4, -0.2) is 10.8 Å². The monoisotopic (exact) mass is 227 g/mol. The lowest BCUT2D eigenvalue weighted by Gasteiger charge is -2.10. The molecule has 4 heteroatoms. The van der Waals surface area contributed by atoms with Crippen LogP contribution in [0.2, 0.25) is 0 Å². The molecule has 3 nitrogen and oxygen atoms in total. The Bertz CT molecular complexity index is 238. The van der Waals surface area contributed by atoms with Gasteiger partial charge in [0.1, 0.15) is 0 Å². The van der Waals surface area contributed by atoms with Crippen molar-refractivity contribution in [1.82, 2.24) is 5.43 Å². The zero-order chi connectivity index (χ0) is 11.1. The molecular weight excluding hydrogens is 206 g/mol. The summed E-state index contributed by atoms with van der Waals surface area (Å²) in [5, 5.41) is 4.50. The van der Waals surface area contributed by atoms with Gasteiger partial charge in [-0.15, -0.1) is 0 Å². The van der Waals surface area contributed by atoms with E-state index in [1.54, 1.807) is 0 Å². The second-order valence-corrected chi connectivity index (χ2v) is 4.68. The van der Waals surface area contributed by atoms with Crippen LogP contribution in [0.4, 0.5) is 0 Å². The maximum Gasteiger partial charge on any atom is 0.184 e. The summed E-state index contributed by atoms with van der Waals surface area (Å²) in [5.41, 5.74) is 9.25. The van der Waals surface area contributed by atoms with Crippen LogP contribution in [0, 0.1) is 5.92 Å². The predicted octanol–water partition coefficient (Wildman–Crippen LogP) is 2.56. The van der Waals surface area contributed by atoms with E-state index in [0.717, 1.165) is 18.8 Å². The van der Waals surface area contributed by atoms with E-state index >= 15 is 0 Å². The van der Waals surface area contributed by atoms with Crippen molar-refractivity contribution in [2.45, 2.75) is 51.9 Å². The van der Waals surface area contributed by atoms with Crippen LogP contribution in [0.5, 0.6) is 0 Å². The Morgan fingerprint density at radius 1 is 1.53 bits per heavy atom. The van der Waals surface area contributed by atoms with Crippen LogP contribution in [-0.2, 0) is 0 Å². The van der Waals surface area contributed by atoms with Gasteiger partial charge < -0.3 is 5.73 Å². The van der Waals surface area contributed by atoms with E-state index in [0.29, 0.717) is 0 Å². The van der Waals surface area contributed by atoms with E-state index in [2.05, 4.69) is 17.5 Å². The number of hydrogen-bond donors (Lipinski definition) is 2. The molecule has 1 saturated carbocycles. The number of hydrogen-bond acceptors (Lipinski definition) is 2. The highest BCUT2D eigenvalue weighted by Gasteiger charge is 2.14. The fourth-order valence-corrected chi connectivity index (χ4v) is 2.22. The molecule has 1 fully saturated rings. The van der Waals surface area contributed by atoms with Gasteiger partial charge >= 0.3 is 0 Å². The molecule has 0 aromatic rings. The summed E-state index contributed by atoms with van der Waals surface area (Å²) in [6, 6.07) is 0. The molecule has 0 spiro atoms. The second-order valence-electron chi connectivity index (χ2n) is 4.24. The lowest BCUT2D eigenvalue weighted by Crippen LogP contribution is -2.25. The Morgan fingerprint density at radius 2 is 2.33 bits per heavy atom. The maximum absolute atomic E-state index is 5.34. The Kier molecular flexibility index (Phi) is 5.61. The molecule has 0 aromatic carbocycles. The van der Waals surface area contributed by atoms with E-state index in [-0.39, 0.29) is 5.11 Å². The number of nitrogens with one attached hydrogen (secondary N) is 1. The molecule has 1 unspecified atom stereocenters. The fourth-order valence-electron chi connectivity index (χ4n) is 2.18. The summed E-state index contributed by atoms with van der Waals surface area (Å²) in [7, 11) is 0. The molecule has 1 atom stereocenters. The lowest BCUT2D eigenvalue weighted by molar-refractivity contribution is 0.426. The molecule has 0 amide bonds. The van der Waals surface area contributed by atoms with Crippen molar-refractivity contribution in [2.75, 3.05) is 0 Å². The van der Waals surface area contributed by atoms with Gasteiger partial charge in [0.15, 0.2) is 5.11 Å². The SMILES string of the molecule is CCCC1CCCC(=NNC(N)=S)CC1. The van der Waals surface area contributed by atoms with Crippen molar-refractivity contribution >= 4 is 23.0 Å². The van der Waals surface area contributed by atoms with Gasteiger partial charge in [-0.25, -0.2) is 0 Å². The first-order chi connectivity index (χ1) is 7.22. The molecular formula is C11H21N3S. The fraction of sp³-hybridized carbons (Fsp3) is 0.818. The van der Waals surface area contributed by atoms with Crippen LogP contribution >= 0.6 is 12.2 Å². The summed E-state index contributed by atoms with van der Waals surface area (Å²) in [6.07, 6.45) is 8.71. The number of rotatable bonds is 3. The highest BCUT2D eigenvalue weighted by atomic mass is 32.1. The zero-order valence-corrected chi connectivity index (χ0v) is 10.3. The molecule has 0 radical (unpaired) electrons. The first-order valence-electron chi connectivity index (χ1n) is 5.83. The molecule has 86 valence electrons. The molecule has 15 heavy (non-hydrogen) atoms. The zero-order valence-electron chi connectivity index (χ0n) is 9.46. The minimum absolute atomic E-state index is 0.261. The van der Waals surface area contributed by atoms with Crippen LogP contribution in [0.15, 0.2) is 5.10 Å². The Morgan fingerprint density at radius 3 is 3.00 bits per heavy atom. The predicted molar refractivity (Wildman–Crippen MR) is 68.8 cm³/mol. The summed E-state index contributed by atoms with van der Waals surface area (Å²) in [6.45, 7) is 2.26. The van der Waals surface area contributed by atoms with E-state index < -0.39 is 0 Å². The number of nitrogens with zero attached hydrogens (tertiary/aromatic N) is 1. The topological polar surface area (TPSA) is 50.4 Å². The highest BCUT2D eigenvalue weighted by Crippen LogP contribution is 2.25. The summed E-state index contributed by atoms with van der Waals surface area (Å²) >= 11 is 4.72. The Labute approximate surface area is 97.5 Å². The van der Waals surface area contributed by atoms with Crippen LogP contribution in [0.1, 0.15) is 51.9 Å². The first kappa shape index (κ1) is 12.4. The average Bonchev–Trinajstić information content (AvgIpc) is 2.41. The summed E-state index contributed by atoms with van der Waals surface area (Å²) < 4.78 is 0. The lowest BCUT2D eigenvalue weighted by atomic mass is 9.95. The van der Waals surface area contributed by atoms with Crippen molar-refractivity contribution in [2.24, 2.45) is 16.8 Å². The summed E-state index contributed by atoms with van der Waals surface area (Å²) in [4.78, 5) is 0. The minimum atomic E-state index is 0.261. The van der Waals surface area contributed by atoms with Crippen molar-refractivity contribution in [3.63, 3.8) is 0 Å². The molecule has 0 aliphatic heterocycles. The second kappa shape index (κ2) is 6.77. The average molecular weight is 227 g/mol. The van der Waals surface area contributed by atoms with Gasteiger partial charge in [-0.3, -0.25) is 5.43 Å². The molecule has 3 N–H and O–H groups in total. The van der Waals surface area contributed by atoms with Crippen molar-refractivity contribution < 1.29 is 0 Å². The normalized spacial score (nSPS) is 24.9. The molecule has 0 heterocycles. The summed E-state index contributed by atoms with van der Waals surface area (Å²) in [5.74, 6) is 0.896. The number of hydrazone groups is 1. The van der Waals surface area contributed by atoms with E-state index in [9.17, 15) is 0 Å². The molecule has 1 aliphatic carbocycles. The Hall–Kier alpha value is -0.640. The quantitative estimate of drug-likeness (QED) is 0.442. The maximum atomic E-state index is 5.34. The number of thiocarbonyl (C=S) groups is 1. The van der Waals surface area contributed by atoms with Crippen molar-refractivity contribution in [3.05, 3.63) is 0 Å². The molecule has 1 aliphatic rings. The van der Waals surface area contributed by atoms with E-state index in [4.69, 9.17) is 18.0 Å². The largest absolute Gasteiger partial charge is 0.375 e. The van der Waals surface area contributed by atoms with E-state index in [1.807, 2.05) is 0 Å². The third kappa shape index (κ3) is 5.11. The van der Waals surface area contributed by atoms with Gasteiger partial charge in [-0.05, 0) is 43.8 Å². The van der Waals surface area contributed by atoms with Gasteiger partial charge in [0, 0.05) is 5.71 Å². The highest BCUT2D eigenvalue weighted by molar-refractivity contribution is 7.80. The third-order valence-corrected chi connectivity index (χ3v) is 3.03. The van der Waals surface area contributed by atoms with E-state index in [1.165, 1.54) is 37.8 Å². The third-order valence-electron chi connectivity index (χ3n) is 2.94. The van der Waals surface area contributed by atoms with Crippen molar-refractivity contribution in [1.29, 1.82) is 0 Å². The van der Waals surface area contributed by atoms with Gasteiger partial charge in [-0.1, -0.05) is 26.2 Å². The smallest absolute Gasteiger partial charge is 0.184 e. The molecule has 1 rings (SSSR count). The van der Waals surface area contributed by atoms with Crippen LogP contribution in [0.25, 0.3) is 0 Å². The Balaban J connectivity index is 2.38. The van der Waals surface area contributed by atoms with Gasteiger partial charge in [0.25, 0.3) is 0 Å². The molecule has 0 saturated heterocycles. The van der Waals surface area contributed by atoms with Gasteiger partial charge in [0.05, 0.1) is 0 Å². The molecule has 0 bridgehead atoms. The standard InChI is InChI=1S/C11H21N3S/c1-2-4-9-5-3-6-10(8-7-9)13-14-11(12)15/h9H,2-8H2,1H3,(H3,12,14,15). The van der Waals surface area contributed by atoms with Crippen molar-refractivity contribution in [3.8, 4) is 0 Å². The van der Waals surface area contributed by atoms with Crippen LogP contribution < -0.4 is 11.2 Å². The first-order valence-corrected chi connectivity index (χ1v) is 6.24. The minimum Gasteiger partial charge on any atom is -0.375 e. The molecule has 0 aromatic heterocycles. The van der Waals surface area contributed by atoms with Gasteiger partial charge in [0.2, 0.25) is 0 Å². The van der Waals surface area contributed by atoms with Crippen LogP contribution in [0.3, 0.4) is 0 Å². The van der Waals surface area contributed by atoms with Gasteiger partial charge in [-0.2, -0.15) is 5.10 Å². The number of nitrogens with two attached hydrogens (primary N) is 1.